The van der Waals surface area contributed by atoms with Gasteiger partial charge in [0, 0.05) is 16.9 Å². The molecule has 0 N–H and O–H groups in total. The van der Waals surface area contributed by atoms with Crippen LogP contribution in [0.4, 0.5) is 17.1 Å². The summed E-state index contributed by atoms with van der Waals surface area (Å²) in [5, 5.41) is 2.47. The van der Waals surface area contributed by atoms with E-state index in [2.05, 4.69) is 290 Å². The highest BCUT2D eigenvalue weighted by molar-refractivity contribution is 6.06. The van der Waals surface area contributed by atoms with E-state index in [9.17, 15) is 0 Å². The van der Waals surface area contributed by atoms with E-state index in [1.165, 1.54) is 111 Å². The molecule has 1 nitrogen and oxygen atoms in total. The molecule has 0 saturated heterocycles. The van der Waals surface area contributed by atoms with Crippen LogP contribution in [0.25, 0.3) is 66.4 Å². The first-order valence-corrected chi connectivity index (χ1v) is 25.5. The molecule has 0 aliphatic heterocycles. The molecule has 0 radical (unpaired) electrons. The van der Waals surface area contributed by atoms with Crippen LogP contribution in [-0.2, 0) is 10.8 Å². The molecule has 12 aromatic rings. The van der Waals surface area contributed by atoms with Crippen molar-refractivity contribution >= 4 is 27.8 Å². The number of para-hydroxylation sites is 1. The third-order valence-corrected chi connectivity index (χ3v) is 16.4. The van der Waals surface area contributed by atoms with Crippen molar-refractivity contribution in [1.82, 2.24) is 0 Å². The van der Waals surface area contributed by atoms with E-state index in [0.29, 0.717) is 0 Å². The Balaban J connectivity index is 0.913. The molecule has 1 heteroatoms. The number of anilines is 3. The maximum Gasteiger partial charge on any atom is 0.0725 e. The van der Waals surface area contributed by atoms with Crippen molar-refractivity contribution in [2.75, 3.05) is 4.90 Å². The third kappa shape index (κ3) is 5.79. The Morgan fingerprint density at radius 2 is 0.699 bits per heavy atom. The summed E-state index contributed by atoms with van der Waals surface area (Å²) in [4.78, 5) is 2.46. The third-order valence-electron chi connectivity index (χ3n) is 16.4. The maximum atomic E-state index is 2.53. The zero-order valence-corrected chi connectivity index (χ0v) is 40.1. The maximum absolute atomic E-state index is 2.53. The Bertz CT molecular complexity index is 4030. The van der Waals surface area contributed by atoms with E-state index < -0.39 is 10.8 Å². The van der Waals surface area contributed by atoms with Gasteiger partial charge in [0.2, 0.25) is 0 Å². The predicted molar refractivity (Wildman–Crippen MR) is 303 cm³/mol. The Labute approximate surface area is 426 Å². The normalized spacial score (nSPS) is 13.7. The van der Waals surface area contributed by atoms with E-state index in [1.807, 2.05) is 0 Å². The van der Waals surface area contributed by atoms with Crippen LogP contribution in [-0.4, -0.2) is 0 Å². The highest BCUT2D eigenvalue weighted by atomic mass is 15.1. The molecule has 0 saturated carbocycles. The highest BCUT2D eigenvalue weighted by Gasteiger charge is 2.52. The molecule has 0 fully saturated rings. The molecule has 0 unspecified atom stereocenters. The van der Waals surface area contributed by atoms with Crippen LogP contribution in [0.3, 0.4) is 0 Å². The van der Waals surface area contributed by atoms with Gasteiger partial charge in [-0.15, -0.1) is 0 Å². The zero-order chi connectivity index (χ0) is 48.1. The highest BCUT2D eigenvalue weighted by Crippen LogP contribution is 2.64. The van der Waals surface area contributed by atoms with E-state index in [4.69, 9.17) is 0 Å². The van der Waals surface area contributed by atoms with Crippen molar-refractivity contribution in [3.05, 3.63) is 330 Å². The zero-order valence-electron chi connectivity index (χ0n) is 40.1. The summed E-state index contributed by atoms with van der Waals surface area (Å²) in [5.41, 5.74) is 25.5. The molecule has 0 atom stereocenters. The molecule has 0 bridgehead atoms. The average Bonchev–Trinajstić information content (AvgIpc) is 4.07. The lowest BCUT2D eigenvalue weighted by molar-refractivity contribution is 0.768. The van der Waals surface area contributed by atoms with Crippen molar-refractivity contribution in [2.24, 2.45) is 0 Å². The topological polar surface area (TPSA) is 3.24 Å². The summed E-state index contributed by atoms with van der Waals surface area (Å²) < 4.78 is 0. The quantitative estimate of drug-likeness (QED) is 0.154. The van der Waals surface area contributed by atoms with Gasteiger partial charge in [0.25, 0.3) is 0 Å². The van der Waals surface area contributed by atoms with Gasteiger partial charge in [-0.2, -0.15) is 0 Å². The molecule has 12 aromatic carbocycles. The SMILES string of the molecule is c1ccc(N(c2ccc(-c3ccc4ccccc4c3-c3ccc4c(c3)C3(c5ccccc5-c5ccccc53)c3ccccc3-4)cc2)c2cccc3c2-c2ccccc2C3(c2ccccc2)c2ccccc2)cc1. The van der Waals surface area contributed by atoms with Crippen LogP contribution in [0, 0.1) is 0 Å². The van der Waals surface area contributed by atoms with E-state index in [-0.39, 0.29) is 0 Å². The number of benzene rings is 12. The fourth-order valence-electron chi connectivity index (χ4n) is 13.5. The van der Waals surface area contributed by atoms with Gasteiger partial charge in [-0.3, -0.25) is 0 Å². The van der Waals surface area contributed by atoms with Gasteiger partial charge in [-0.25, -0.2) is 0 Å². The largest absolute Gasteiger partial charge is 0.310 e. The Kier molecular flexibility index (Phi) is 9.16. The van der Waals surface area contributed by atoms with Crippen LogP contribution in [0.15, 0.2) is 285 Å². The minimum Gasteiger partial charge on any atom is -0.310 e. The van der Waals surface area contributed by atoms with Crippen LogP contribution in [0.1, 0.15) is 44.5 Å². The minimum atomic E-state index is -0.506. The van der Waals surface area contributed by atoms with Gasteiger partial charge < -0.3 is 4.90 Å². The monoisotopic (exact) mass is 925 g/mol. The second-order valence-electron chi connectivity index (χ2n) is 19.8. The molecule has 0 heterocycles. The standard InChI is InChI=1S/C72H47N/c1-4-22-51(23-5-1)71(52-24-6-2-7-25-52)65-36-19-15-32-61(65)70-66(71)37-20-38-68(70)73(53-26-8-3-9-27-53)54-43-39-49(40-44-54)56-45-41-48-21-10-11-28-55(48)69(56)50-42-46-60-59-31-14-18-35-64(59)72(67(60)47-50)62-33-16-12-29-57(62)58-30-13-17-34-63(58)72/h1-47H. The van der Waals surface area contributed by atoms with Crippen molar-refractivity contribution in [1.29, 1.82) is 0 Å². The van der Waals surface area contributed by atoms with Crippen LogP contribution in [0.2, 0.25) is 0 Å². The second kappa shape index (κ2) is 16.1. The summed E-state index contributed by atoms with van der Waals surface area (Å²) in [5.74, 6) is 0. The summed E-state index contributed by atoms with van der Waals surface area (Å²) in [6, 6.07) is 106. The van der Waals surface area contributed by atoms with Crippen LogP contribution < -0.4 is 4.90 Å². The summed E-state index contributed by atoms with van der Waals surface area (Å²) in [7, 11) is 0. The van der Waals surface area contributed by atoms with Crippen LogP contribution in [0.5, 0.6) is 0 Å². The fourth-order valence-corrected chi connectivity index (χ4v) is 13.5. The molecule has 1 spiro atoms. The molecule has 15 rings (SSSR count). The molecule has 0 amide bonds. The predicted octanol–water partition coefficient (Wildman–Crippen LogP) is 18.4. The van der Waals surface area contributed by atoms with Gasteiger partial charge in [-0.05, 0) is 142 Å². The van der Waals surface area contributed by atoms with E-state index >= 15 is 0 Å². The number of rotatable bonds is 7. The van der Waals surface area contributed by atoms with E-state index in [0.717, 1.165) is 17.1 Å². The molecule has 340 valence electrons. The number of fused-ring (bicyclic) bond motifs is 14. The molecule has 3 aliphatic carbocycles. The smallest absolute Gasteiger partial charge is 0.0725 e. The van der Waals surface area contributed by atoms with Gasteiger partial charge in [0.15, 0.2) is 0 Å². The molecule has 73 heavy (non-hydrogen) atoms. The summed E-state index contributed by atoms with van der Waals surface area (Å²) in [6.07, 6.45) is 0. The van der Waals surface area contributed by atoms with Crippen molar-refractivity contribution in [3.8, 4) is 55.6 Å². The lowest BCUT2D eigenvalue weighted by Gasteiger charge is -2.34. The Hall–Kier alpha value is -9.30. The summed E-state index contributed by atoms with van der Waals surface area (Å²) >= 11 is 0. The Morgan fingerprint density at radius 1 is 0.247 bits per heavy atom. The Morgan fingerprint density at radius 3 is 1.32 bits per heavy atom. The van der Waals surface area contributed by atoms with Crippen LogP contribution >= 0.6 is 0 Å². The van der Waals surface area contributed by atoms with Gasteiger partial charge >= 0.3 is 0 Å². The minimum absolute atomic E-state index is 0.428. The first-order valence-electron chi connectivity index (χ1n) is 25.5. The number of hydrogen-bond acceptors (Lipinski definition) is 1. The van der Waals surface area contributed by atoms with Gasteiger partial charge in [0.05, 0.1) is 16.5 Å². The van der Waals surface area contributed by atoms with E-state index in [1.54, 1.807) is 0 Å². The lowest BCUT2D eigenvalue weighted by Crippen LogP contribution is -2.28. The molecular weight excluding hydrogens is 879 g/mol. The number of nitrogens with zero attached hydrogens (tertiary/aromatic N) is 1. The van der Waals surface area contributed by atoms with Crippen molar-refractivity contribution in [3.63, 3.8) is 0 Å². The van der Waals surface area contributed by atoms with Gasteiger partial charge in [-0.1, -0.05) is 249 Å². The molecule has 3 aliphatic rings. The fraction of sp³-hybridized carbons (Fsp3) is 0.0278. The lowest BCUT2D eigenvalue weighted by atomic mass is 9.68. The number of hydrogen-bond donors (Lipinski definition) is 0. The average molecular weight is 926 g/mol. The van der Waals surface area contributed by atoms with Crippen molar-refractivity contribution in [2.45, 2.75) is 10.8 Å². The second-order valence-corrected chi connectivity index (χ2v) is 19.8. The summed E-state index contributed by atoms with van der Waals surface area (Å²) in [6.45, 7) is 0. The van der Waals surface area contributed by atoms with Crippen molar-refractivity contribution < 1.29 is 0 Å². The first kappa shape index (κ1) is 41.5. The first-order chi connectivity index (χ1) is 36.2. The molecule has 0 aromatic heterocycles. The van der Waals surface area contributed by atoms with Gasteiger partial charge in [0.1, 0.15) is 0 Å². The molecular formula is C72H47N.